The van der Waals surface area contributed by atoms with Crippen molar-refractivity contribution in [2.45, 2.75) is 25.4 Å². The molecule has 0 radical (unpaired) electrons. The predicted octanol–water partition coefficient (Wildman–Crippen LogP) is 2.31. The summed E-state index contributed by atoms with van der Waals surface area (Å²) in [5, 5.41) is 3.26. The maximum absolute atomic E-state index is 13.0. The van der Waals surface area contributed by atoms with E-state index in [-0.39, 0.29) is 11.9 Å². The first-order valence-corrected chi connectivity index (χ1v) is 10.1. The maximum Gasteiger partial charge on any atom is 0.253 e. The van der Waals surface area contributed by atoms with Gasteiger partial charge in [0.15, 0.2) is 0 Å². The molecule has 1 aromatic heterocycles. The average Bonchev–Trinajstić information content (AvgIpc) is 2.76. The molecule has 0 aliphatic carbocycles. The van der Waals surface area contributed by atoms with E-state index in [1.165, 1.54) is 5.56 Å². The molecule has 3 heterocycles. The second kappa shape index (κ2) is 9.17. The molecule has 2 aliphatic heterocycles. The summed E-state index contributed by atoms with van der Waals surface area (Å²) in [6.45, 7) is 6.00. The number of carbonyl (C=O) groups is 1. The molecule has 1 amide bonds. The number of morpholine rings is 1. The van der Waals surface area contributed by atoms with Crippen molar-refractivity contribution in [3.05, 3.63) is 59.9 Å². The largest absolute Gasteiger partial charge is 0.378 e. The summed E-state index contributed by atoms with van der Waals surface area (Å²) in [7, 11) is 0. The number of ether oxygens (including phenoxy) is 1. The van der Waals surface area contributed by atoms with E-state index in [1.807, 2.05) is 36.5 Å². The molecular formula is C22H28N4O2. The van der Waals surface area contributed by atoms with Gasteiger partial charge < -0.3 is 15.0 Å². The Bertz CT molecular complexity index is 769. The number of piperidine rings is 1. The van der Waals surface area contributed by atoms with Crippen LogP contribution in [0.4, 0.5) is 5.69 Å². The highest BCUT2D eigenvalue weighted by molar-refractivity contribution is 6.00. The first-order chi connectivity index (χ1) is 13.8. The van der Waals surface area contributed by atoms with E-state index in [9.17, 15) is 4.79 Å². The standard InChI is InChI=1S/C22H28N4O2/c27-22(20-5-1-2-6-21(20)26-12-14-28-15-13-26)24-19-7-10-25(11-8-19)17-18-4-3-9-23-16-18/h1-6,9,16,19H,7-8,10-15,17H2,(H,24,27). The van der Waals surface area contributed by atoms with Crippen molar-refractivity contribution in [1.29, 1.82) is 0 Å². The number of pyridine rings is 1. The Morgan fingerprint density at radius 3 is 2.61 bits per heavy atom. The second-order valence-electron chi connectivity index (χ2n) is 7.50. The molecule has 28 heavy (non-hydrogen) atoms. The van der Waals surface area contributed by atoms with Gasteiger partial charge in [-0.15, -0.1) is 0 Å². The third-order valence-electron chi connectivity index (χ3n) is 5.55. The first-order valence-electron chi connectivity index (χ1n) is 10.1. The topological polar surface area (TPSA) is 57.7 Å². The van der Waals surface area contributed by atoms with Gasteiger partial charge in [-0.05, 0) is 36.6 Å². The van der Waals surface area contributed by atoms with Gasteiger partial charge in [0.2, 0.25) is 0 Å². The van der Waals surface area contributed by atoms with Crippen LogP contribution in [-0.2, 0) is 11.3 Å². The molecule has 0 bridgehead atoms. The van der Waals surface area contributed by atoms with Gasteiger partial charge in [0.25, 0.3) is 5.91 Å². The smallest absolute Gasteiger partial charge is 0.253 e. The molecule has 148 valence electrons. The molecule has 0 spiro atoms. The summed E-state index contributed by atoms with van der Waals surface area (Å²) in [5.74, 6) is 0.0350. The normalized spacial score (nSPS) is 18.8. The molecule has 0 atom stereocenters. The monoisotopic (exact) mass is 380 g/mol. The van der Waals surface area contributed by atoms with E-state index < -0.39 is 0 Å². The fourth-order valence-corrected chi connectivity index (χ4v) is 3.99. The van der Waals surface area contributed by atoms with Crippen molar-refractivity contribution in [1.82, 2.24) is 15.2 Å². The van der Waals surface area contributed by atoms with Gasteiger partial charge in [-0.25, -0.2) is 0 Å². The number of aromatic nitrogens is 1. The zero-order chi connectivity index (χ0) is 19.2. The van der Waals surface area contributed by atoms with E-state index in [0.29, 0.717) is 13.2 Å². The fourth-order valence-electron chi connectivity index (χ4n) is 3.99. The van der Waals surface area contributed by atoms with E-state index in [0.717, 1.165) is 56.8 Å². The van der Waals surface area contributed by atoms with Crippen LogP contribution in [0.1, 0.15) is 28.8 Å². The number of benzene rings is 1. The predicted molar refractivity (Wildman–Crippen MR) is 109 cm³/mol. The van der Waals surface area contributed by atoms with E-state index in [2.05, 4.69) is 26.2 Å². The van der Waals surface area contributed by atoms with Crippen molar-refractivity contribution in [3.8, 4) is 0 Å². The first kappa shape index (κ1) is 18.9. The minimum atomic E-state index is 0.0350. The number of likely N-dealkylation sites (tertiary alicyclic amines) is 1. The van der Waals surface area contributed by atoms with Gasteiger partial charge in [-0.2, -0.15) is 0 Å². The number of nitrogens with one attached hydrogen (secondary N) is 1. The Morgan fingerprint density at radius 2 is 1.86 bits per heavy atom. The lowest BCUT2D eigenvalue weighted by molar-refractivity contribution is 0.0907. The lowest BCUT2D eigenvalue weighted by Gasteiger charge is -2.33. The fraction of sp³-hybridized carbons (Fsp3) is 0.455. The Hall–Kier alpha value is -2.44. The van der Waals surface area contributed by atoms with Crippen LogP contribution >= 0.6 is 0 Å². The highest BCUT2D eigenvalue weighted by atomic mass is 16.5. The zero-order valence-electron chi connectivity index (χ0n) is 16.2. The van der Waals surface area contributed by atoms with Crippen molar-refractivity contribution in [2.24, 2.45) is 0 Å². The molecule has 2 aliphatic rings. The number of anilines is 1. The number of carbonyl (C=O) groups excluding carboxylic acids is 1. The molecule has 4 rings (SSSR count). The van der Waals surface area contributed by atoms with Crippen LogP contribution in [0, 0.1) is 0 Å². The van der Waals surface area contributed by atoms with Crippen LogP contribution in [0.15, 0.2) is 48.8 Å². The van der Waals surface area contributed by atoms with Crippen molar-refractivity contribution < 1.29 is 9.53 Å². The van der Waals surface area contributed by atoms with Gasteiger partial charge in [0.1, 0.15) is 0 Å². The molecule has 2 aromatic rings. The maximum atomic E-state index is 13.0. The number of rotatable bonds is 5. The number of nitrogens with zero attached hydrogens (tertiary/aromatic N) is 3. The molecular weight excluding hydrogens is 352 g/mol. The Morgan fingerprint density at radius 1 is 1.07 bits per heavy atom. The molecule has 2 fully saturated rings. The average molecular weight is 380 g/mol. The quantitative estimate of drug-likeness (QED) is 0.863. The van der Waals surface area contributed by atoms with Crippen LogP contribution in [0.5, 0.6) is 0 Å². The van der Waals surface area contributed by atoms with Crippen LogP contribution in [0.2, 0.25) is 0 Å². The Labute approximate surface area is 166 Å². The van der Waals surface area contributed by atoms with Gasteiger partial charge in [0, 0.05) is 56.8 Å². The van der Waals surface area contributed by atoms with Crippen LogP contribution < -0.4 is 10.2 Å². The molecule has 2 saturated heterocycles. The highest BCUT2D eigenvalue weighted by Gasteiger charge is 2.23. The van der Waals surface area contributed by atoms with Gasteiger partial charge in [0.05, 0.1) is 18.8 Å². The Kier molecular flexibility index (Phi) is 6.19. The Balaban J connectivity index is 1.32. The molecule has 0 saturated carbocycles. The second-order valence-corrected chi connectivity index (χ2v) is 7.50. The molecule has 0 unspecified atom stereocenters. The van der Waals surface area contributed by atoms with E-state index in [4.69, 9.17) is 4.74 Å². The summed E-state index contributed by atoms with van der Waals surface area (Å²) >= 11 is 0. The van der Waals surface area contributed by atoms with Crippen molar-refractivity contribution >= 4 is 11.6 Å². The van der Waals surface area contributed by atoms with Gasteiger partial charge in [-0.1, -0.05) is 18.2 Å². The molecule has 1 N–H and O–H groups in total. The van der Waals surface area contributed by atoms with Crippen LogP contribution in [0.25, 0.3) is 0 Å². The van der Waals surface area contributed by atoms with Crippen molar-refractivity contribution in [2.75, 3.05) is 44.3 Å². The molecule has 1 aromatic carbocycles. The van der Waals surface area contributed by atoms with E-state index in [1.54, 1.807) is 6.20 Å². The number of para-hydroxylation sites is 1. The van der Waals surface area contributed by atoms with Gasteiger partial charge in [-0.3, -0.25) is 14.7 Å². The number of amides is 1. The van der Waals surface area contributed by atoms with Crippen LogP contribution in [-0.4, -0.2) is 61.2 Å². The minimum Gasteiger partial charge on any atom is -0.378 e. The SMILES string of the molecule is O=C(NC1CCN(Cc2cccnc2)CC1)c1ccccc1N1CCOCC1. The summed E-state index contributed by atoms with van der Waals surface area (Å²) in [4.78, 5) is 21.8. The third-order valence-corrected chi connectivity index (χ3v) is 5.55. The lowest BCUT2D eigenvalue weighted by atomic mass is 10.0. The summed E-state index contributed by atoms with van der Waals surface area (Å²) in [6.07, 6.45) is 5.69. The highest BCUT2D eigenvalue weighted by Crippen LogP contribution is 2.22. The van der Waals surface area contributed by atoms with Gasteiger partial charge >= 0.3 is 0 Å². The molecule has 6 heteroatoms. The third kappa shape index (κ3) is 4.69. The minimum absolute atomic E-state index is 0.0350. The number of hydrogen-bond acceptors (Lipinski definition) is 5. The summed E-state index contributed by atoms with van der Waals surface area (Å²) in [5.41, 5.74) is 3.02. The van der Waals surface area contributed by atoms with E-state index >= 15 is 0 Å². The van der Waals surface area contributed by atoms with Crippen molar-refractivity contribution in [3.63, 3.8) is 0 Å². The summed E-state index contributed by atoms with van der Waals surface area (Å²) in [6, 6.07) is 12.2. The summed E-state index contributed by atoms with van der Waals surface area (Å²) < 4.78 is 5.44. The van der Waals surface area contributed by atoms with Crippen LogP contribution in [0.3, 0.4) is 0 Å². The molecule has 6 nitrogen and oxygen atoms in total. The zero-order valence-corrected chi connectivity index (χ0v) is 16.2. The lowest BCUT2D eigenvalue weighted by Crippen LogP contribution is -2.45. The number of hydrogen-bond donors (Lipinski definition) is 1.